The largest absolute Gasteiger partial charge is 0.308 e. The fourth-order valence-electron chi connectivity index (χ4n) is 4.03. The van der Waals surface area contributed by atoms with Crippen LogP contribution in [-0.2, 0) is 13.6 Å². The zero-order chi connectivity index (χ0) is 14.9. The van der Waals surface area contributed by atoms with E-state index in [0.29, 0.717) is 11.6 Å². The van der Waals surface area contributed by atoms with Crippen LogP contribution >= 0.6 is 0 Å². The summed E-state index contributed by atoms with van der Waals surface area (Å²) in [6, 6.07) is 0.618. The molecule has 2 fully saturated rings. The molecule has 1 saturated carbocycles. The Morgan fingerprint density at radius 3 is 2.76 bits per heavy atom. The van der Waals surface area contributed by atoms with Crippen LogP contribution < -0.4 is 5.32 Å². The van der Waals surface area contributed by atoms with Crippen LogP contribution in [0.4, 0.5) is 0 Å². The standard InChI is InChI=1S/C16H29N5/c1-13(2)8-14-9-18-16(6-4-5-7-16)11-21(14)10-15-17-12-19-20(15)3/h12-14,18H,4-11H2,1-3H3. The van der Waals surface area contributed by atoms with E-state index in [1.165, 1.54) is 32.1 Å². The predicted molar refractivity (Wildman–Crippen MR) is 83.9 cm³/mol. The van der Waals surface area contributed by atoms with Crippen LogP contribution in [0.25, 0.3) is 0 Å². The van der Waals surface area contributed by atoms with Gasteiger partial charge in [-0.1, -0.05) is 26.7 Å². The molecule has 5 heteroatoms. The molecule has 1 aliphatic carbocycles. The Morgan fingerprint density at radius 1 is 1.38 bits per heavy atom. The molecule has 1 unspecified atom stereocenters. The summed E-state index contributed by atoms with van der Waals surface area (Å²) in [4.78, 5) is 7.09. The molecular weight excluding hydrogens is 262 g/mol. The lowest BCUT2D eigenvalue weighted by molar-refractivity contribution is 0.0600. The lowest BCUT2D eigenvalue weighted by atomic mass is 9.90. The Bertz CT molecular complexity index is 461. The third-order valence-corrected chi connectivity index (χ3v) is 5.19. The number of nitrogens with zero attached hydrogens (tertiary/aromatic N) is 4. The van der Waals surface area contributed by atoms with Crippen LogP contribution in [0.3, 0.4) is 0 Å². The highest BCUT2D eigenvalue weighted by Crippen LogP contribution is 2.34. The van der Waals surface area contributed by atoms with Crippen molar-refractivity contribution in [3.8, 4) is 0 Å². The van der Waals surface area contributed by atoms with Crippen LogP contribution in [0.15, 0.2) is 6.33 Å². The van der Waals surface area contributed by atoms with E-state index in [-0.39, 0.29) is 0 Å². The van der Waals surface area contributed by atoms with E-state index in [4.69, 9.17) is 0 Å². The summed E-state index contributed by atoms with van der Waals surface area (Å²) in [6.07, 6.45) is 8.33. The molecule has 0 radical (unpaired) electrons. The number of aryl methyl sites for hydroxylation is 1. The minimum atomic E-state index is 0.367. The van der Waals surface area contributed by atoms with Crippen molar-refractivity contribution >= 4 is 0 Å². The molecule has 0 aromatic carbocycles. The average Bonchev–Trinajstić information content (AvgIpc) is 3.04. The van der Waals surface area contributed by atoms with Crippen molar-refractivity contribution in [2.75, 3.05) is 13.1 Å². The Balaban J connectivity index is 1.74. The van der Waals surface area contributed by atoms with Crippen molar-refractivity contribution in [2.45, 2.75) is 64.1 Å². The molecular formula is C16H29N5. The molecule has 0 bridgehead atoms. The van der Waals surface area contributed by atoms with E-state index >= 15 is 0 Å². The maximum absolute atomic E-state index is 4.43. The van der Waals surface area contributed by atoms with Crippen LogP contribution in [0.2, 0.25) is 0 Å². The molecule has 1 spiro atoms. The second-order valence-electron chi connectivity index (χ2n) is 7.36. The van der Waals surface area contributed by atoms with E-state index in [2.05, 4.69) is 34.1 Å². The molecule has 1 aromatic rings. The summed E-state index contributed by atoms with van der Waals surface area (Å²) in [5.74, 6) is 1.82. The van der Waals surface area contributed by atoms with Crippen molar-refractivity contribution in [2.24, 2.45) is 13.0 Å². The number of aromatic nitrogens is 3. The van der Waals surface area contributed by atoms with Gasteiger partial charge in [0.25, 0.3) is 0 Å². The normalized spacial score (nSPS) is 26.0. The smallest absolute Gasteiger partial charge is 0.140 e. The molecule has 1 aromatic heterocycles. The molecule has 0 amide bonds. The number of piperazine rings is 1. The number of hydrogen-bond donors (Lipinski definition) is 1. The van der Waals surface area contributed by atoms with Gasteiger partial charge in [-0.05, 0) is 25.2 Å². The van der Waals surface area contributed by atoms with E-state index in [9.17, 15) is 0 Å². The summed E-state index contributed by atoms with van der Waals surface area (Å²) in [6.45, 7) is 7.85. The van der Waals surface area contributed by atoms with Crippen molar-refractivity contribution in [1.29, 1.82) is 0 Å². The molecule has 2 aliphatic rings. The monoisotopic (exact) mass is 291 g/mol. The maximum Gasteiger partial charge on any atom is 0.140 e. The second-order valence-corrected chi connectivity index (χ2v) is 7.36. The quantitative estimate of drug-likeness (QED) is 0.921. The second kappa shape index (κ2) is 6.05. The first kappa shape index (κ1) is 15.0. The topological polar surface area (TPSA) is 46.0 Å². The summed E-state index contributed by atoms with van der Waals surface area (Å²) >= 11 is 0. The van der Waals surface area contributed by atoms with Gasteiger partial charge >= 0.3 is 0 Å². The minimum Gasteiger partial charge on any atom is -0.308 e. The van der Waals surface area contributed by atoms with Crippen LogP contribution in [-0.4, -0.2) is 44.3 Å². The van der Waals surface area contributed by atoms with Gasteiger partial charge in [-0.25, -0.2) is 4.98 Å². The van der Waals surface area contributed by atoms with Crippen LogP contribution in [0.1, 0.15) is 51.8 Å². The Labute approximate surface area is 128 Å². The summed E-state index contributed by atoms with van der Waals surface area (Å²) in [5, 5.41) is 8.11. The predicted octanol–water partition coefficient (Wildman–Crippen LogP) is 1.95. The van der Waals surface area contributed by atoms with Gasteiger partial charge in [0.05, 0.1) is 6.54 Å². The fourth-order valence-corrected chi connectivity index (χ4v) is 4.03. The van der Waals surface area contributed by atoms with Crippen molar-refractivity contribution < 1.29 is 0 Å². The Hall–Kier alpha value is -0.940. The molecule has 3 rings (SSSR count). The number of hydrogen-bond acceptors (Lipinski definition) is 4. The van der Waals surface area contributed by atoms with E-state index in [1.54, 1.807) is 6.33 Å². The zero-order valence-corrected chi connectivity index (χ0v) is 13.7. The fraction of sp³-hybridized carbons (Fsp3) is 0.875. The summed E-state index contributed by atoms with van der Waals surface area (Å²) in [5.41, 5.74) is 0.367. The van der Waals surface area contributed by atoms with E-state index in [0.717, 1.165) is 31.4 Å². The average molecular weight is 291 g/mol. The third-order valence-electron chi connectivity index (χ3n) is 5.19. The molecule has 1 saturated heterocycles. The SMILES string of the molecule is CC(C)CC1CNC2(CCCC2)CN1Cc1ncnn1C. The third kappa shape index (κ3) is 3.29. The van der Waals surface area contributed by atoms with Gasteiger partial charge in [-0.2, -0.15) is 5.10 Å². The van der Waals surface area contributed by atoms with Gasteiger partial charge in [0.1, 0.15) is 12.2 Å². The van der Waals surface area contributed by atoms with Crippen molar-refractivity contribution in [3.63, 3.8) is 0 Å². The number of rotatable bonds is 4. The summed E-state index contributed by atoms with van der Waals surface area (Å²) in [7, 11) is 1.99. The van der Waals surface area contributed by atoms with Crippen LogP contribution in [0.5, 0.6) is 0 Å². The van der Waals surface area contributed by atoms with Crippen molar-refractivity contribution in [3.05, 3.63) is 12.2 Å². The van der Waals surface area contributed by atoms with Gasteiger partial charge in [-0.3, -0.25) is 9.58 Å². The first-order valence-electron chi connectivity index (χ1n) is 8.40. The van der Waals surface area contributed by atoms with Gasteiger partial charge in [0.15, 0.2) is 0 Å². The Morgan fingerprint density at radius 2 is 2.14 bits per heavy atom. The highest BCUT2D eigenvalue weighted by Gasteiger charge is 2.41. The lowest BCUT2D eigenvalue weighted by Crippen LogP contribution is -2.63. The van der Waals surface area contributed by atoms with Gasteiger partial charge in [0.2, 0.25) is 0 Å². The van der Waals surface area contributed by atoms with Gasteiger partial charge in [0, 0.05) is 31.7 Å². The minimum absolute atomic E-state index is 0.367. The van der Waals surface area contributed by atoms with E-state index in [1.807, 2.05) is 11.7 Å². The Kier molecular flexibility index (Phi) is 4.31. The molecule has 118 valence electrons. The number of nitrogens with one attached hydrogen (secondary N) is 1. The first-order valence-corrected chi connectivity index (χ1v) is 8.40. The zero-order valence-electron chi connectivity index (χ0n) is 13.7. The molecule has 21 heavy (non-hydrogen) atoms. The van der Waals surface area contributed by atoms with Crippen molar-refractivity contribution in [1.82, 2.24) is 25.0 Å². The molecule has 5 nitrogen and oxygen atoms in total. The molecule has 1 N–H and O–H groups in total. The molecule has 2 heterocycles. The van der Waals surface area contributed by atoms with Gasteiger partial charge in [-0.15, -0.1) is 0 Å². The van der Waals surface area contributed by atoms with Gasteiger partial charge < -0.3 is 5.32 Å². The highest BCUT2D eigenvalue weighted by atomic mass is 15.3. The van der Waals surface area contributed by atoms with Crippen LogP contribution in [0, 0.1) is 5.92 Å². The lowest BCUT2D eigenvalue weighted by Gasteiger charge is -2.46. The highest BCUT2D eigenvalue weighted by molar-refractivity contribution is 5.02. The molecule has 1 aliphatic heterocycles. The maximum atomic E-state index is 4.43. The molecule has 1 atom stereocenters. The van der Waals surface area contributed by atoms with E-state index < -0.39 is 0 Å². The summed E-state index contributed by atoms with van der Waals surface area (Å²) < 4.78 is 1.91. The first-order chi connectivity index (χ1) is 10.1.